The third-order valence-corrected chi connectivity index (χ3v) is 2.44. The molecule has 0 atom stereocenters. The van der Waals surface area contributed by atoms with Crippen LogP contribution in [0.3, 0.4) is 0 Å². The molecule has 102 valence electrons. The molecule has 0 fully saturated rings. The second-order valence-electron chi connectivity index (χ2n) is 3.78. The molecule has 0 aromatic heterocycles. The fourth-order valence-corrected chi connectivity index (χ4v) is 1.39. The summed E-state index contributed by atoms with van der Waals surface area (Å²) in [7, 11) is 2.82. The lowest BCUT2D eigenvalue weighted by molar-refractivity contribution is -0.141. The van der Waals surface area contributed by atoms with E-state index in [0.29, 0.717) is 11.3 Å². The minimum Gasteiger partial charge on any atom is -0.469 e. The van der Waals surface area contributed by atoms with E-state index in [1.165, 1.54) is 7.11 Å². The summed E-state index contributed by atoms with van der Waals surface area (Å²) < 4.78 is 4.44. The van der Waals surface area contributed by atoms with Crippen LogP contribution in [-0.2, 0) is 14.3 Å². The summed E-state index contributed by atoms with van der Waals surface area (Å²) in [4.78, 5) is 33.7. The number of nitrogens with one attached hydrogen (secondary N) is 2. The number of anilines is 1. The van der Waals surface area contributed by atoms with Gasteiger partial charge in [-0.15, -0.1) is 0 Å². The van der Waals surface area contributed by atoms with Gasteiger partial charge in [-0.3, -0.25) is 14.4 Å². The fourth-order valence-electron chi connectivity index (χ4n) is 1.39. The molecule has 1 rings (SSSR count). The fraction of sp³-hybridized carbons (Fsp3) is 0.308. The number of esters is 1. The van der Waals surface area contributed by atoms with E-state index in [1.54, 1.807) is 31.3 Å². The van der Waals surface area contributed by atoms with Gasteiger partial charge in [0.15, 0.2) is 0 Å². The maximum atomic E-state index is 11.5. The van der Waals surface area contributed by atoms with Gasteiger partial charge < -0.3 is 15.4 Å². The van der Waals surface area contributed by atoms with Crippen LogP contribution in [0.25, 0.3) is 0 Å². The van der Waals surface area contributed by atoms with Crippen molar-refractivity contribution in [3.8, 4) is 0 Å². The first-order valence-electron chi connectivity index (χ1n) is 5.75. The molecule has 6 heteroatoms. The van der Waals surface area contributed by atoms with Crippen LogP contribution in [0.4, 0.5) is 5.69 Å². The predicted octanol–water partition coefficient (Wildman–Crippen LogP) is 0.938. The van der Waals surface area contributed by atoms with E-state index in [-0.39, 0.29) is 24.7 Å². The standard InChI is InChI=1S/C13H16N2O4/c1-14-13(18)9-3-5-10(6-4-9)15-11(16)7-8-12(17)19-2/h3-6H,7-8H2,1-2H3,(H,14,18)(H,15,16). The van der Waals surface area contributed by atoms with E-state index in [1.807, 2.05) is 0 Å². The number of hydrogen-bond acceptors (Lipinski definition) is 4. The number of methoxy groups -OCH3 is 1. The zero-order chi connectivity index (χ0) is 14.3. The lowest BCUT2D eigenvalue weighted by atomic mass is 10.2. The van der Waals surface area contributed by atoms with E-state index < -0.39 is 5.97 Å². The van der Waals surface area contributed by atoms with Crippen LogP contribution >= 0.6 is 0 Å². The molecular weight excluding hydrogens is 248 g/mol. The summed E-state index contributed by atoms with van der Waals surface area (Å²) in [6.07, 6.45) is 0.0997. The Morgan fingerprint density at radius 1 is 1.11 bits per heavy atom. The van der Waals surface area contributed by atoms with Crippen molar-refractivity contribution in [1.82, 2.24) is 5.32 Å². The molecule has 0 aliphatic carbocycles. The van der Waals surface area contributed by atoms with Gasteiger partial charge in [-0.1, -0.05) is 0 Å². The van der Waals surface area contributed by atoms with Crippen molar-refractivity contribution in [3.05, 3.63) is 29.8 Å². The maximum Gasteiger partial charge on any atom is 0.306 e. The molecule has 6 nitrogen and oxygen atoms in total. The van der Waals surface area contributed by atoms with Crippen molar-refractivity contribution >= 4 is 23.5 Å². The Morgan fingerprint density at radius 3 is 2.26 bits per heavy atom. The molecule has 0 spiro atoms. The number of benzene rings is 1. The van der Waals surface area contributed by atoms with Gasteiger partial charge in [0.25, 0.3) is 5.91 Å². The van der Waals surface area contributed by atoms with Crippen LogP contribution in [0.15, 0.2) is 24.3 Å². The molecule has 0 saturated carbocycles. The van der Waals surface area contributed by atoms with Crippen LogP contribution < -0.4 is 10.6 Å². The van der Waals surface area contributed by atoms with Crippen LogP contribution in [0.2, 0.25) is 0 Å². The smallest absolute Gasteiger partial charge is 0.306 e. The molecule has 0 bridgehead atoms. The van der Waals surface area contributed by atoms with E-state index in [0.717, 1.165) is 0 Å². The first-order valence-corrected chi connectivity index (χ1v) is 5.75. The van der Waals surface area contributed by atoms with Crippen molar-refractivity contribution in [2.24, 2.45) is 0 Å². The Balaban J connectivity index is 2.51. The number of rotatable bonds is 5. The van der Waals surface area contributed by atoms with Crippen molar-refractivity contribution < 1.29 is 19.1 Å². The minimum atomic E-state index is -0.426. The second-order valence-corrected chi connectivity index (χ2v) is 3.78. The predicted molar refractivity (Wildman–Crippen MR) is 69.7 cm³/mol. The molecular formula is C13H16N2O4. The molecule has 1 aromatic carbocycles. The van der Waals surface area contributed by atoms with Crippen molar-refractivity contribution in [2.75, 3.05) is 19.5 Å². The topological polar surface area (TPSA) is 84.5 Å². The lowest BCUT2D eigenvalue weighted by Crippen LogP contribution is -2.18. The number of carbonyl (C=O) groups is 3. The molecule has 0 heterocycles. The van der Waals surface area contributed by atoms with Gasteiger partial charge in [0.05, 0.1) is 13.5 Å². The molecule has 0 radical (unpaired) electrons. The van der Waals surface area contributed by atoms with Crippen molar-refractivity contribution in [3.63, 3.8) is 0 Å². The number of carbonyl (C=O) groups excluding carboxylic acids is 3. The highest BCUT2D eigenvalue weighted by atomic mass is 16.5. The first-order chi connectivity index (χ1) is 9.06. The van der Waals surface area contributed by atoms with Gasteiger partial charge in [0.1, 0.15) is 0 Å². The molecule has 0 aliphatic rings. The second kappa shape index (κ2) is 7.15. The van der Waals surface area contributed by atoms with E-state index in [9.17, 15) is 14.4 Å². The van der Waals surface area contributed by atoms with Crippen LogP contribution in [0.5, 0.6) is 0 Å². The molecule has 1 aromatic rings. The molecule has 0 unspecified atom stereocenters. The highest BCUT2D eigenvalue weighted by Crippen LogP contribution is 2.10. The average molecular weight is 264 g/mol. The largest absolute Gasteiger partial charge is 0.469 e. The molecule has 2 N–H and O–H groups in total. The molecule has 19 heavy (non-hydrogen) atoms. The summed E-state index contributed by atoms with van der Waals surface area (Å²) in [5, 5.41) is 5.13. The van der Waals surface area contributed by atoms with Crippen molar-refractivity contribution in [2.45, 2.75) is 12.8 Å². The van der Waals surface area contributed by atoms with E-state index in [4.69, 9.17) is 0 Å². The molecule has 0 aliphatic heterocycles. The number of amides is 2. The van der Waals surface area contributed by atoms with E-state index in [2.05, 4.69) is 15.4 Å². The van der Waals surface area contributed by atoms with Gasteiger partial charge in [0.2, 0.25) is 5.91 Å². The van der Waals surface area contributed by atoms with Gasteiger partial charge in [0, 0.05) is 24.7 Å². The van der Waals surface area contributed by atoms with Crippen LogP contribution in [-0.4, -0.2) is 31.9 Å². The van der Waals surface area contributed by atoms with Gasteiger partial charge in [-0.2, -0.15) is 0 Å². The first kappa shape index (κ1) is 14.7. The number of ether oxygens (including phenoxy) is 1. The van der Waals surface area contributed by atoms with Crippen molar-refractivity contribution in [1.29, 1.82) is 0 Å². The van der Waals surface area contributed by atoms with Gasteiger partial charge >= 0.3 is 5.97 Å². The summed E-state index contributed by atoms with van der Waals surface area (Å²) >= 11 is 0. The monoisotopic (exact) mass is 264 g/mol. The Kier molecular flexibility index (Phi) is 5.53. The quantitative estimate of drug-likeness (QED) is 0.775. The third-order valence-electron chi connectivity index (χ3n) is 2.44. The lowest BCUT2D eigenvalue weighted by Gasteiger charge is -2.05. The van der Waals surface area contributed by atoms with Gasteiger partial charge in [-0.25, -0.2) is 0 Å². The average Bonchev–Trinajstić information content (AvgIpc) is 2.44. The maximum absolute atomic E-state index is 11.5. The summed E-state index contributed by atoms with van der Waals surface area (Å²) in [5.41, 5.74) is 1.08. The SMILES string of the molecule is CNC(=O)c1ccc(NC(=O)CCC(=O)OC)cc1. The summed E-state index contributed by atoms with van der Waals surface area (Å²) in [6, 6.07) is 6.46. The highest BCUT2D eigenvalue weighted by Gasteiger charge is 2.08. The Labute approximate surface area is 111 Å². The summed E-state index contributed by atoms with van der Waals surface area (Å²) in [5.74, 6) is -0.897. The zero-order valence-electron chi connectivity index (χ0n) is 10.9. The minimum absolute atomic E-state index is 0.0403. The number of hydrogen-bond donors (Lipinski definition) is 2. The van der Waals surface area contributed by atoms with E-state index >= 15 is 0 Å². The Morgan fingerprint density at radius 2 is 1.74 bits per heavy atom. The normalized spacial score (nSPS) is 9.58. The van der Waals surface area contributed by atoms with Gasteiger partial charge in [-0.05, 0) is 24.3 Å². The van der Waals surface area contributed by atoms with Crippen LogP contribution in [0, 0.1) is 0 Å². The molecule has 2 amide bonds. The Hall–Kier alpha value is -2.37. The Bertz CT molecular complexity index is 468. The van der Waals surface area contributed by atoms with Crippen LogP contribution in [0.1, 0.15) is 23.2 Å². The highest BCUT2D eigenvalue weighted by molar-refractivity contribution is 5.96. The summed E-state index contributed by atoms with van der Waals surface area (Å²) in [6.45, 7) is 0. The zero-order valence-corrected chi connectivity index (χ0v) is 10.9. The third kappa shape index (κ3) is 4.79. The molecule has 0 saturated heterocycles.